The van der Waals surface area contributed by atoms with Crippen LogP contribution in [0.5, 0.6) is 0 Å². The molecule has 0 aliphatic heterocycles. The second kappa shape index (κ2) is 11.0. The normalized spacial score (nSPS) is 18.3. The van der Waals surface area contributed by atoms with E-state index >= 15 is 4.39 Å². The highest BCUT2D eigenvalue weighted by molar-refractivity contribution is 6.02. The second-order valence-corrected chi connectivity index (χ2v) is 11.0. The first-order valence-corrected chi connectivity index (χ1v) is 13.6. The van der Waals surface area contributed by atoms with E-state index in [9.17, 15) is 9.59 Å². The van der Waals surface area contributed by atoms with Crippen LogP contribution in [-0.2, 0) is 9.59 Å². The highest BCUT2D eigenvalue weighted by atomic mass is 19.1. The first kappa shape index (κ1) is 26.0. The van der Waals surface area contributed by atoms with Crippen molar-refractivity contribution in [2.75, 3.05) is 5.32 Å². The SMILES string of the molecule is CC(C)N/C(=C\C=N)C(=O)NC(C(=O)Nc1ccc(-c2cnccc2C2CC2)c(F)n1)C(C1CC1)C1CC1. The van der Waals surface area contributed by atoms with Gasteiger partial charge in [0.1, 0.15) is 17.6 Å². The minimum Gasteiger partial charge on any atom is -0.378 e. The fourth-order valence-electron chi connectivity index (χ4n) is 5.32. The van der Waals surface area contributed by atoms with Crippen LogP contribution in [0.2, 0.25) is 0 Å². The lowest BCUT2D eigenvalue weighted by atomic mass is 9.88. The van der Waals surface area contributed by atoms with Gasteiger partial charge in [-0.25, -0.2) is 4.98 Å². The Bertz CT molecular complexity index is 1240. The Morgan fingerprint density at radius 1 is 1.03 bits per heavy atom. The first-order chi connectivity index (χ1) is 18.4. The zero-order chi connectivity index (χ0) is 26.8. The average Bonchev–Trinajstić information content (AvgIpc) is 3.74. The molecule has 3 aliphatic carbocycles. The minimum absolute atomic E-state index is 0.0137. The zero-order valence-corrected chi connectivity index (χ0v) is 21.8. The van der Waals surface area contributed by atoms with Crippen molar-refractivity contribution in [1.29, 1.82) is 5.41 Å². The molecule has 5 rings (SSSR count). The van der Waals surface area contributed by atoms with Crippen LogP contribution in [0.1, 0.15) is 63.9 Å². The summed E-state index contributed by atoms with van der Waals surface area (Å²) >= 11 is 0. The summed E-state index contributed by atoms with van der Waals surface area (Å²) in [5, 5.41) is 16.2. The summed E-state index contributed by atoms with van der Waals surface area (Å²) in [5.41, 5.74) is 2.39. The minimum atomic E-state index is -0.782. The number of pyridine rings is 2. The maximum absolute atomic E-state index is 15.2. The molecule has 0 saturated heterocycles. The van der Waals surface area contributed by atoms with Gasteiger partial charge in [0, 0.05) is 35.8 Å². The molecule has 3 saturated carbocycles. The van der Waals surface area contributed by atoms with E-state index in [-0.39, 0.29) is 23.5 Å². The standard InChI is InChI=1S/C29H35FN6O2/c1-16(2)33-23(11-13-31)28(37)36-26(25(18-5-6-18)19-7-8-19)29(38)35-24-10-9-21(27(30)34-24)22-15-32-14-12-20(22)17-3-4-17/h9-19,25-26,31,33H,3-8H2,1-2H3,(H,36,37)(H,34,35,38)/b23-11-,31-13?. The van der Waals surface area contributed by atoms with Crippen molar-refractivity contribution in [3.63, 3.8) is 0 Å². The largest absolute Gasteiger partial charge is 0.378 e. The number of aromatic nitrogens is 2. The molecule has 2 aromatic heterocycles. The van der Waals surface area contributed by atoms with Gasteiger partial charge in [0.2, 0.25) is 11.9 Å². The summed E-state index contributed by atoms with van der Waals surface area (Å²) in [6.07, 6.45) is 12.1. The Morgan fingerprint density at radius 3 is 2.32 bits per heavy atom. The number of nitrogens with one attached hydrogen (secondary N) is 4. The molecule has 0 spiro atoms. The lowest BCUT2D eigenvalue weighted by molar-refractivity contribution is -0.126. The van der Waals surface area contributed by atoms with Gasteiger partial charge >= 0.3 is 0 Å². The van der Waals surface area contributed by atoms with Crippen molar-refractivity contribution in [1.82, 2.24) is 20.6 Å². The molecule has 4 N–H and O–H groups in total. The van der Waals surface area contributed by atoms with Crippen LogP contribution >= 0.6 is 0 Å². The fraction of sp³-hybridized carbons (Fsp3) is 0.483. The van der Waals surface area contributed by atoms with Gasteiger partial charge in [-0.2, -0.15) is 4.39 Å². The maximum Gasteiger partial charge on any atom is 0.268 e. The zero-order valence-electron chi connectivity index (χ0n) is 21.8. The van der Waals surface area contributed by atoms with Gasteiger partial charge in [0.15, 0.2) is 0 Å². The van der Waals surface area contributed by atoms with E-state index in [1.807, 2.05) is 19.9 Å². The van der Waals surface area contributed by atoms with E-state index in [0.29, 0.717) is 23.3 Å². The molecule has 2 amide bonds. The first-order valence-electron chi connectivity index (χ1n) is 13.6. The summed E-state index contributed by atoms with van der Waals surface area (Å²) in [5.74, 6) is -0.206. The van der Waals surface area contributed by atoms with E-state index in [1.54, 1.807) is 24.5 Å². The monoisotopic (exact) mass is 518 g/mol. The van der Waals surface area contributed by atoms with Gasteiger partial charge in [-0.1, -0.05) is 0 Å². The summed E-state index contributed by atoms with van der Waals surface area (Å²) < 4.78 is 15.2. The number of hydrogen-bond donors (Lipinski definition) is 4. The fourth-order valence-corrected chi connectivity index (χ4v) is 5.32. The second-order valence-electron chi connectivity index (χ2n) is 11.0. The van der Waals surface area contributed by atoms with Crippen LogP contribution in [-0.4, -0.2) is 40.1 Å². The number of anilines is 1. The molecule has 1 atom stereocenters. The number of nitrogens with zero attached hydrogens (tertiary/aromatic N) is 2. The number of allylic oxidation sites excluding steroid dienone is 1. The summed E-state index contributed by atoms with van der Waals surface area (Å²) in [4.78, 5) is 35.0. The van der Waals surface area contributed by atoms with Gasteiger partial charge in [-0.3, -0.25) is 14.6 Å². The van der Waals surface area contributed by atoms with Crippen LogP contribution in [0, 0.1) is 29.1 Å². The number of halogens is 1. The number of rotatable bonds is 12. The van der Waals surface area contributed by atoms with Crippen molar-refractivity contribution in [3.05, 3.63) is 53.9 Å². The molecule has 2 aromatic rings. The topological polar surface area (TPSA) is 120 Å². The van der Waals surface area contributed by atoms with Crippen molar-refractivity contribution < 1.29 is 14.0 Å². The molecule has 3 fully saturated rings. The van der Waals surface area contributed by atoms with Crippen molar-refractivity contribution in [2.45, 2.75) is 70.4 Å². The van der Waals surface area contributed by atoms with Gasteiger partial charge in [-0.15, -0.1) is 0 Å². The Balaban J connectivity index is 1.37. The summed E-state index contributed by atoms with van der Waals surface area (Å²) in [6, 6.07) is 4.36. The number of carbonyl (C=O) groups is 2. The maximum atomic E-state index is 15.2. The smallest absolute Gasteiger partial charge is 0.268 e. The number of carbonyl (C=O) groups excluding carboxylic acids is 2. The molecular formula is C29H35FN6O2. The van der Waals surface area contributed by atoms with E-state index in [4.69, 9.17) is 5.41 Å². The molecule has 0 radical (unpaired) electrons. The van der Waals surface area contributed by atoms with Gasteiger partial charge in [0.05, 0.1) is 0 Å². The van der Waals surface area contributed by atoms with Gasteiger partial charge < -0.3 is 21.4 Å². The van der Waals surface area contributed by atoms with Gasteiger partial charge in [-0.05, 0) is 106 Å². The quantitative estimate of drug-likeness (QED) is 0.187. The Morgan fingerprint density at radius 2 is 1.74 bits per heavy atom. The predicted molar refractivity (Wildman–Crippen MR) is 144 cm³/mol. The molecule has 200 valence electrons. The molecule has 1 unspecified atom stereocenters. The van der Waals surface area contributed by atoms with Crippen molar-refractivity contribution in [2.24, 2.45) is 17.8 Å². The summed E-state index contributed by atoms with van der Waals surface area (Å²) in [6.45, 7) is 3.80. The number of amides is 2. The molecule has 9 heteroatoms. The van der Waals surface area contributed by atoms with E-state index < -0.39 is 23.8 Å². The van der Waals surface area contributed by atoms with Crippen molar-refractivity contribution >= 4 is 23.8 Å². The van der Waals surface area contributed by atoms with Crippen LogP contribution in [0.3, 0.4) is 0 Å². The molecule has 38 heavy (non-hydrogen) atoms. The third-order valence-corrected chi connectivity index (χ3v) is 7.49. The van der Waals surface area contributed by atoms with E-state index in [2.05, 4.69) is 25.9 Å². The molecule has 8 nitrogen and oxygen atoms in total. The Labute approximate surface area is 222 Å². The third kappa shape index (κ3) is 6.09. The predicted octanol–water partition coefficient (Wildman–Crippen LogP) is 4.55. The van der Waals surface area contributed by atoms with Gasteiger partial charge in [0.25, 0.3) is 5.91 Å². The molecule has 0 bridgehead atoms. The molecular weight excluding hydrogens is 483 g/mol. The molecule has 0 aromatic carbocycles. The highest BCUT2D eigenvalue weighted by Gasteiger charge is 2.48. The van der Waals surface area contributed by atoms with E-state index in [0.717, 1.165) is 55.9 Å². The molecule has 3 aliphatic rings. The van der Waals surface area contributed by atoms with Crippen LogP contribution in [0.25, 0.3) is 11.1 Å². The van der Waals surface area contributed by atoms with Crippen LogP contribution in [0.4, 0.5) is 10.2 Å². The highest BCUT2D eigenvalue weighted by Crippen LogP contribution is 2.51. The van der Waals surface area contributed by atoms with Crippen molar-refractivity contribution in [3.8, 4) is 11.1 Å². The third-order valence-electron chi connectivity index (χ3n) is 7.49. The lowest BCUT2D eigenvalue weighted by Gasteiger charge is -2.28. The van der Waals surface area contributed by atoms with E-state index in [1.165, 1.54) is 6.08 Å². The Hall–Kier alpha value is -3.62. The molecule has 2 heterocycles. The Kier molecular flexibility index (Phi) is 7.53. The van der Waals surface area contributed by atoms with Crippen LogP contribution < -0.4 is 16.0 Å². The van der Waals surface area contributed by atoms with Crippen LogP contribution in [0.15, 0.2) is 42.4 Å². The summed E-state index contributed by atoms with van der Waals surface area (Å²) in [7, 11) is 0. The average molecular weight is 519 g/mol. The number of hydrogen-bond acceptors (Lipinski definition) is 6. The lowest BCUT2D eigenvalue weighted by Crippen LogP contribution is -2.51.